The summed E-state index contributed by atoms with van der Waals surface area (Å²) < 4.78 is 12.7. The first-order valence-corrected chi connectivity index (χ1v) is 6.11. The van der Waals surface area contributed by atoms with Gasteiger partial charge in [0.2, 0.25) is 0 Å². The molecule has 0 spiro atoms. The Hall–Kier alpha value is -1.33. The molecule has 0 fully saturated rings. The average Bonchev–Trinajstić information content (AvgIpc) is 2.34. The molecule has 1 nitrogen and oxygen atoms in total. The van der Waals surface area contributed by atoms with E-state index >= 15 is 0 Å². The van der Waals surface area contributed by atoms with Crippen LogP contribution in [0.2, 0.25) is 0 Å². The lowest BCUT2D eigenvalue weighted by molar-refractivity contribution is 0.478. The fourth-order valence-corrected chi connectivity index (χ4v) is 1.72. The number of hydrogen-bond acceptors (Lipinski definition) is 1. The normalized spacial score (nSPS) is 12.1. The second kappa shape index (κ2) is 7.86. The maximum absolute atomic E-state index is 12.7. The van der Waals surface area contributed by atoms with Crippen molar-refractivity contribution in [3.63, 3.8) is 0 Å². The Kier molecular flexibility index (Phi) is 6.35. The van der Waals surface area contributed by atoms with Crippen LogP contribution in [-0.4, -0.2) is 13.1 Å². The van der Waals surface area contributed by atoms with Gasteiger partial charge in [-0.1, -0.05) is 25.0 Å². The second-order valence-electron chi connectivity index (χ2n) is 4.44. The predicted molar refractivity (Wildman–Crippen MR) is 70.2 cm³/mol. The molecule has 1 rings (SSSR count). The Bertz CT molecular complexity index is 350. The molecule has 1 aromatic rings. The van der Waals surface area contributed by atoms with E-state index in [1.54, 1.807) is 0 Å². The number of nitrogens with one attached hydrogen (secondary N) is 1. The number of aryl methyl sites for hydroxylation is 1. The van der Waals surface area contributed by atoms with E-state index in [0.29, 0.717) is 12.5 Å². The standard InChI is InChI=1S/C15H20FN/c1-3-11-17-12-10-13(2)4-5-14-6-8-15(16)9-7-14/h1,6-9,13,17H,4-5,10-12H2,2H3. The van der Waals surface area contributed by atoms with E-state index in [9.17, 15) is 4.39 Å². The molecule has 0 amide bonds. The molecule has 1 unspecified atom stereocenters. The molecule has 92 valence electrons. The highest BCUT2D eigenvalue weighted by molar-refractivity contribution is 5.16. The third kappa shape index (κ3) is 6.09. The van der Waals surface area contributed by atoms with Crippen LogP contribution in [0.3, 0.4) is 0 Å². The first-order chi connectivity index (χ1) is 8.22. The van der Waals surface area contributed by atoms with Crippen molar-refractivity contribution in [1.29, 1.82) is 0 Å². The second-order valence-corrected chi connectivity index (χ2v) is 4.44. The molecule has 0 aliphatic heterocycles. The van der Waals surface area contributed by atoms with Crippen LogP contribution >= 0.6 is 0 Å². The number of terminal acetylenes is 1. The molecule has 0 radical (unpaired) electrons. The molecule has 1 atom stereocenters. The van der Waals surface area contributed by atoms with Gasteiger partial charge in [-0.3, -0.25) is 0 Å². The molecule has 1 aromatic carbocycles. The van der Waals surface area contributed by atoms with Crippen LogP contribution in [0, 0.1) is 24.1 Å². The largest absolute Gasteiger partial charge is 0.306 e. The Labute approximate surface area is 103 Å². The summed E-state index contributed by atoms with van der Waals surface area (Å²) in [7, 11) is 0. The fraction of sp³-hybridized carbons (Fsp3) is 0.467. The molecule has 1 N–H and O–H groups in total. The van der Waals surface area contributed by atoms with Gasteiger partial charge in [-0.25, -0.2) is 4.39 Å². The Morgan fingerprint density at radius 1 is 1.29 bits per heavy atom. The van der Waals surface area contributed by atoms with Crippen LogP contribution in [0.4, 0.5) is 4.39 Å². The molecule has 0 saturated heterocycles. The summed E-state index contributed by atoms with van der Waals surface area (Å²) >= 11 is 0. The van der Waals surface area contributed by atoms with E-state index in [-0.39, 0.29) is 5.82 Å². The van der Waals surface area contributed by atoms with E-state index in [2.05, 4.69) is 18.2 Å². The predicted octanol–water partition coefficient (Wildman–Crippen LogP) is 3.01. The van der Waals surface area contributed by atoms with Crippen LogP contribution in [0.15, 0.2) is 24.3 Å². The van der Waals surface area contributed by atoms with Crippen molar-refractivity contribution in [2.24, 2.45) is 5.92 Å². The number of halogens is 1. The van der Waals surface area contributed by atoms with Crippen molar-refractivity contribution in [2.75, 3.05) is 13.1 Å². The average molecular weight is 233 g/mol. The van der Waals surface area contributed by atoms with Crippen molar-refractivity contribution in [1.82, 2.24) is 5.32 Å². The maximum Gasteiger partial charge on any atom is 0.123 e. The van der Waals surface area contributed by atoms with Gasteiger partial charge in [0, 0.05) is 0 Å². The minimum absolute atomic E-state index is 0.166. The van der Waals surface area contributed by atoms with E-state index in [1.807, 2.05) is 12.1 Å². The van der Waals surface area contributed by atoms with Crippen LogP contribution in [0.5, 0.6) is 0 Å². The lowest BCUT2D eigenvalue weighted by atomic mass is 9.98. The zero-order valence-corrected chi connectivity index (χ0v) is 10.4. The van der Waals surface area contributed by atoms with Crippen molar-refractivity contribution in [2.45, 2.75) is 26.2 Å². The van der Waals surface area contributed by atoms with E-state index in [1.165, 1.54) is 17.7 Å². The smallest absolute Gasteiger partial charge is 0.123 e. The summed E-state index contributed by atoms with van der Waals surface area (Å²) in [4.78, 5) is 0. The molecule has 17 heavy (non-hydrogen) atoms. The fourth-order valence-electron chi connectivity index (χ4n) is 1.72. The van der Waals surface area contributed by atoms with Gasteiger partial charge < -0.3 is 5.32 Å². The topological polar surface area (TPSA) is 12.0 Å². The number of benzene rings is 1. The van der Waals surface area contributed by atoms with E-state index in [4.69, 9.17) is 6.42 Å². The van der Waals surface area contributed by atoms with E-state index in [0.717, 1.165) is 25.8 Å². The minimum atomic E-state index is -0.166. The van der Waals surface area contributed by atoms with Gasteiger partial charge >= 0.3 is 0 Å². The molecule has 0 saturated carbocycles. The lowest BCUT2D eigenvalue weighted by Gasteiger charge is -2.11. The maximum atomic E-state index is 12.7. The third-order valence-corrected chi connectivity index (χ3v) is 2.88. The summed E-state index contributed by atoms with van der Waals surface area (Å²) in [6.45, 7) is 3.85. The van der Waals surface area contributed by atoms with Gasteiger partial charge in [0.05, 0.1) is 6.54 Å². The lowest BCUT2D eigenvalue weighted by Crippen LogP contribution is -2.17. The van der Waals surface area contributed by atoms with Crippen molar-refractivity contribution in [3.8, 4) is 12.3 Å². The molecule has 0 aromatic heterocycles. The van der Waals surface area contributed by atoms with Crippen LogP contribution in [0.1, 0.15) is 25.3 Å². The van der Waals surface area contributed by atoms with Gasteiger partial charge in [0.25, 0.3) is 0 Å². The molecule has 0 bridgehead atoms. The highest BCUT2D eigenvalue weighted by Crippen LogP contribution is 2.12. The van der Waals surface area contributed by atoms with Crippen LogP contribution in [-0.2, 0) is 6.42 Å². The summed E-state index contributed by atoms with van der Waals surface area (Å²) in [6, 6.07) is 6.76. The Morgan fingerprint density at radius 2 is 2.00 bits per heavy atom. The molecular weight excluding hydrogens is 213 g/mol. The number of rotatable bonds is 7. The van der Waals surface area contributed by atoms with Gasteiger partial charge in [0.15, 0.2) is 0 Å². The Balaban J connectivity index is 2.17. The third-order valence-electron chi connectivity index (χ3n) is 2.88. The highest BCUT2D eigenvalue weighted by atomic mass is 19.1. The van der Waals surface area contributed by atoms with Gasteiger partial charge in [-0.2, -0.15) is 0 Å². The van der Waals surface area contributed by atoms with Gasteiger partial charge in [0.1, 0.15) is 5.82 Å². The van der Waals surface area contributed by atoms with Crippen molar-refractivity contribution >= 4 is 0 Å². The summed E-state index contributed by atoms with van der Waals surface area (Å²) in [5.74, 6) is 3.05. The first-order valence-electron chi connectivity index (χ1n) is 6.11. The van der Waals surface area contributed by atoms with Crippen molar-refractivity contribution in [3.05, 3.63) is 35.6 Å². The SMILES string of the molecule is C#CCNCCC(C)CCc1ccc(F)cc1. The monoisotopic (exact) mass is 233 g/mol. The summed E-state index contributed by atoms with van der Waals surface area (Å²) in [5, 5.41) is 3.19. The van der Waals surface area contributed by atoms with Gasteiger partial charge in [-0.05, 0) is 49.4 Å². The molecule has 2 heteroatoms. The van der Waals surface area contributed by atoms with Gasteiger partial charge in [-0.15, -0.1) is 6.42 Å². The molecule has 0 aliphatic carbocycles. The highest BCUT2D eigenvalue weighted by Gasteiger charge is 2.02. The van der Waals surface area contributed by atoms with Crippen molar-refractivity contribution < 1.29 is 4.39 Å². The summed E-state index contributed by atoms with van der Waals surface area (Å²) in [6.07, 6.45) is 8.42. The summed E-state index contributed by atoms with van der Waals surface area (Å²) in [5.41, 5.74) is 1.20. The number of hydrogen-bond donors (Lipinski definition) is 1. The van der Waals surface area contributed by atoms with Crippen LogP contribution < -0.4 is 5.32 Å². The zero-order chi connectivity index (χ0) is 12.5. The minimum Gasteiger partial charge on any atom is -0.306 e. The Morgan fingerprint density at radius 3 is 2.65 bits per heavy atom. The first kappa shape index (κ1) is 13.7. The van der Waals surface area contributed by atoms with Crippen LogP contribution in [0.25, 0.3) is 0 Å². The van der Waals surface area contributed by atoms with E-state index < -0.39 is 0 Å². The zero-order valence-electron chi connectivity index (χ0n) is 10.4. The quantitative estimate of drug-likeness (QED) is 0.564. The molecule has 0 heterocycles. The molecule has 0 aliphatic rings. The molecular formula is C15H20FN.